The summed E-state index contributed by atoms with van der Waals surface area (Å²) in [6.07, 6.45) is 0. The van der Waals surface area contributed by atoms with Gasteiger partial charge < -0.3 is 9.94 Å². The molecule has 0 saturated carbocycles. The Bertz CT molecular complexity index is 753. The van der Waals surface area contributed by atoms with Crippen molar-refractivity contribution in [1.82, 2.24) is 0 Å². The zero-order chi connectivity index (χ0) is 14.3. The Balaban J connectivity index is 2.23. The number of nitrogens with zero attached hydrogens (tertiary/aromatic N) is 1. The molecule has 2 aromatic rings. The standard InChI is InChI=1S/C15H10BrNO3/c1-20-13-5-3-2-4-11(13)14-15(18)10-7-6-9(16)8-12(10)17(14)19/h2-8H,1H3. The Morgan fingerprint density at radius 1 is 1.15 bits per heavy atom. The van der Waals surface area contributed by atoms with Gasteiger partial charge in [-0.15, -0.1) is 0 Å². The van der Waals surface area contributed by atoms with Crippen LogP contribution in [0.1, 0.15) is 15.9 Å². The molecule has 0 aromatic heterocycles. The third-order valence-electron chi connectivity index (χ3n) is 3.20. The number of ether oxygens (including phenoxy) is 1. The molecule has 2 aromatic carbocycles. The van der Waals surface area contributed by atoms with Crippen molar-refractivity contribution in [2.24, 2.45) is 0 Å². The number of ketones is 1. The fourth-order valence-electron chi connectivity index (χ4n) is 2.28. The van der Waals surface area contributed by atoms with E-state index in [1.807, 2.05) is 0 Å². The van der Waals surface area contributed by atoms with Crippen LogP contribution < -0.4 is 4.74 Å². The number of hydrogen-bond acceptors (Lipinski definition) is 3. The van der Waals surface area contributed by atoms with E-state index in [2.05, 4.69) is 15.9 Å². The molecule has 0 N–H and O–H groups in total. The van der Waals surface area contributed by atoms with Crippen molar-refractivity contribution in [2.45, 2.75) is 0 Å². The number of carbonyl (C=O) groups excluding carboxylic acids is 1. The van der Waals surface area contributed by atoms with Gasteiger partial charge in [0.05, 0.1) is 12.7 Å². The molecule has 1 heterocycles. The Morgan fingerprint density at radius 2 is 1.90 bits per heavy atom. The molecule has 0 spiro atoms. The van der Waals surface area contributed by atoms with Crippen molar-refractivity contribution < 1.29 is 14.3 Å². The van der Waals surface area contributed by atoms with Gasteiger partial charge in [0.2, 0.25) is 5.69 Å². The molecule has 3 rings (SSSR count). The highest BCUT2D eigenvalue weighted by atomic mass is 79.9. The van der Waals surface area contributed by atoms with E-state index < -0.39 is 0 Å². The molecule has 0 radical (unpaired) electrons. The molecular formula is C15H10BrNO3. The smallest absolute Gasteiger partial charge is 0.276 e. The van der Waals surface area contributed by atoms with Gasteiger partial charge in [-0.25, -0.2) is 0 Å². The second-order valence-electron chi connectivity index (χ2n) is 4.33. The van der Waals surface area contributed by atoms with Gasteiger partial charge in [0, 0.05) is 10.5 Å². The van der Waals surface area contributed by atoms with E-state index in [-0.39, 0.29) is 11.5 Å². The largest absolute Gasteiger partial charge is 0.618 e. The first-order valence-electron chi connectivity index (χ1n) is 5.95. The maximum Gasteiger partial charge on any atom is 0.276 e. The summed E-state index contributed by atoms with van der Waals surface area (Å²) >= 11 is 3.31. The zero-order valence-corrected chi connectivity index (χ0v) is 12.2. The Labute approximate surface area is 124 Å². The molecule has 0 fully saturated rings. The maximum atomic E-state index is 12.4. The van der Waals surface area contributed by atoms with E-state index in [1.165, 1.54) is 7.11 Å². The van der Waals surface area contributed by atoms with Gasteiger partial charge in [-0.2, -0.15) is 4.74 Å². The van der Waals surface area contributed by atoms with Crippen LogP contribution in [-0.2, 0) is 0 Å². The molecule has 1 aliphatic rings. The fourth-order valence-corrected chi connectivity index (χ4v) is 2.63. The Hall–Kier alpha value is -2.14. The molecular weight excluding hydrogens is 322 g/mol. The molecule has 0 aliphatic carbocycles. The third-order valence-corrected chi connectivity index (χ3v) is 3.70. The number of carbonyl (C=O) groups is 1. The van der Waals surface area contributed by atoms with Crippen molar-refractivity contribution in [3.8, 4) is 5.75 Å². The van der Waals surface area contributed by atoms with E-state index in [4.69, 9.17) is 4.74 Å². The van der Waals surface area contributed by atoms with Gasteiger partial charge >= 0.3 is 0 Å². The number of hydrogen-bond donors (Lipinski definition) is 0. The molecule has 0 bridgehead atoms. The first-order valence-corrected chi connectivity index (χ1v) is 6.74. The molecule has 0 atom stereocenters. The van der Waals surface area contributed by atoms with Crippen LogP contribution in [0.5, 0.6) is 5.75 Å². The molecule has 100 valence electrons. The lowest BCUT2D eigenvalue weighted by Gasteiger charge is -2.06. The summed E-state index contributed by atoms with van der Waals surface area (Å²) in [5.41, 5.74) is 1.35. The highest BCUT2D eigenvalue weighted by molar-refractivity contribution is 9.10. The highest BCUT2D eigenvalue weighted by Gasteiger charge is 2.38. The van der Waals surface area contributed by atoms with Gasteiger partial charge in [-0.05, 0) is 24.3 Å². The highest BCUT2D eigenvalue weighted by Crippen LogP contribution is 2.32. The zero-order valence-electron chi connectivity index (χ0n) is 10.6. The molecule has 1 aliphatic heterocycles. The summed E-state index contributed by atoms with van der Waals surface area (Å²) in [4.78, 5) is 12.4. The van der Waals surface area contributed by atoms with Gasteiger partial charge in [0.15, 0.2) is 0 Å². The van der Waals surface area contributed by atoms with Crippen LogP contribution in [0.3, 0.4) is 0 Å². The number of Topliss-reactive ketones (excluding diaryl/α,β-unsaturated/α-hetero) is 1. The number of para-hydroxylation sites is 1. The number of methoxy groups -OCH3 is 1. The average molecular weight is 332 g/mol. The van der Waals surface area contributed by atoms with Gasteiger partial charge in [-0.3, -0.25) is 4.79 Å². The summed E-state index contributed by atoms with van der Waals surface area (Å²) < 4.78 is 6.65. The summed E-state index contributed by atoms with van der Waals surface area (Å²) in [6.45, 7) is 0. The van der Waals surface area contributed by atoms with Crippen molar-refractivity contribution in [3.63, 3.8) is 0 Å². The maximum absolute atomic E-state index is 12.4. The molecule has 0 saturated heterocycles. The molecule has 4 nitrogen and oxygen atoms in total. The quantitative estimate of drug-likeness (QED) is 0.626. The molecule has 0 amide bonds. The molecule has 0 unspecified atom stereocenters. The van der Waals surface area contributed by atoms with Crippen LogP contribution in [0.25, 0.3) is 0 Å². The van der Waals surface area contributed by atoms with Crippen LogP contribution in [0.2, 0.25) is 0 Å². The van der Waals surface area contributed by atoms with Crippen LogP contribution in [0.4, 0.5) is 5.69 Å². The predicted molar refractivity (Wildman–Crippen MR) is 78.9 cm³/mol. The predicted octanol–water partition coefficient (Wildman–Crippen LogP) is 3.29. The minimum atomic E-state index is -0.285. The van der Waals surface area contributed by atoms with Crippen LogP contribution in [0.15, 0.2) is 46.9 Å². The van der Waals surface area contributed by atoms with E-state index in [9.17, 15) is 10.0 Å². The Kier molecular flexibility index (Phi) is 3.06. The first-order chi connectivity index (χ1) is 9.63. The number of halogens is 1. The van der Waals surface area contributed by atoms with E-state index in [0.717, 1.165) is 4.47 Å². The fraction of sp³-hybridized carbons (Fsp3) is 0.0667. The lowest BCUT2D eigenvalue weighted by Crippen LogP contribution is -2.17. The topological polar surface area (TPSA) is 52.4 Å². The monoisotopic (exact) mass is 331 g/mol. The summed E-state index contributed by atoms with van der Waals surface area (Å²) in [5.74, 6) is 0.218. The van der Waals surface area contributed by atoms with Gasteiger partial charge in [-0.1, -0.05) is 28.1 Å². The van der Waals surface area contributed by atoms with Crippen molar-refractivity contribution >= 4 is 33.1 Å². The minimum Gasteiger partial charge on any atom is -0.618 e. The number of benzene rings is 2. The van der Waals surface area contributed by atoms with Crippen molar-refractivity contribution in [2.75, 3.05) is 7.11 Å². The Morgan fingerprint density at radius 3 is 2.65 bits per heavy atom. The van der Waals surface area contributed by atoms with E-state index in [1.54, 1.807) is 42.5 Å². The minimum absolute atomic E-state index is 0.0931. The SMILES string of the molecule is COc1ccccc1C1=[N+]([O-])c2cc(Br)ccc2C1=O. The summed E-state index contributed by atoms with van der Waals surface area (Å²) in [5, 5.41) is 12.4. The van der Waals surface area contributed by atoms with Crippen LogP contribution in [-0.4, -0.2) is 23.3 Å². The average Bonchev–Trinajstić information content (AvgIpc) is 2.70. The number of fused-ring (bicyclic) bond motifs is 1. The van der Waals surface area contributed by atoms with Crippen LogP contribution >= 0.6 is 15.9 Å². The van der Waals surface area contributed by atoms with Crippen molar-refractivity contribution in [3.05, 3.63) is 63.3 Å². The third kappa shape index (κ3) is 1.82. The lowest BCUT2D eigenvalue weighted by molar-refractivity contribution is -0.355. The normalized spacial score (nSPS) is 13.6. The van der Waals surface area contributed by atoms with E-state index in [0.29, 0.717) is 27.3 Å². The molecule has 5 heteroatoms. The second kappa shape index (κ2) is 4.76. The second-order valence-corrected chi connectivity index (χ2v) is 5.25. The lowest BCUT2D eigenvalue weighted by atomic mass is 10.0. The van der Waals surface area contributed by atoms with Crippen LogP contribution in [0, 0.1) is 5.21 Å². The first kappa shape index (κ1) is 12.9. The number of rotatable bonds is 2. The summed E-state index contributed by atoms with van der Waals surface area (Å²) in [7, 11) is 1.51. The van der Waals surface area contributed by atoms with E-state index >= 15 is 0 Å². The van der Waals surface area contributed by atoms with Gasteiger partial charge in [0.25, 0.3) is 11.5 Å². The van der Waals surface area contributed by atoms with Gasteiger partial charge in [0.1, 0.15) is 11.3 Å². The van der Waals surface area contributed by atoms with Crippen molar-refractivity contribution in [1.29, 1.82) is 0 Å². The summed E-state index contributed by atoms with van der Waals surface area (Å²) in [6, 6.07) is 12.0. The molecule has 20 heavy (non-hydrogen) atoms.